The van der Waals surface area contributed by atoms with Crippen LogP contribution in [0.15, 0.2) is 12.2 Å². The number of hydrogen-bond acceptors (Lipinski definition) is 4. The molecule has 0 bridgehead atoms. The van der Waals surface area contributed by atoms with Crippen LogP contribution in [0.4, 0.5) is 0 Å². The Hall–Kier alpha value is -1.39. The highest BCUT2D eigenvalue weighted by atomic mass is 16.7. The topological polar surface area (TPSA) is 69.4 Å². The standard InChI is InChI=1S/C5H7NO4/c1-4(2)5(7)10-3-6(8)9/h1,3H2,2H3. The molecule has 0 unspecified atom stereocenters. The molecule has 56 valence electrons. The second kappa shape index (κ2) is 3.60. The minimum Gasteiger partial charge on any atom is -0.397 e. The molecule has 0 fully saturated rings. The van der Waals surface area contributed by atoms with Crippen molar-refractivity contribution in [3.8, 4) is 0 Å². The second-order valence-electron chi connectivity index (χ2n) is 1.67. The fourth-order valence-electron chi connectivity index (χ4n) is 0.235. The lowest BCUT2D eigenvalue weighted by Crippen LogP contribution is -2.12. The lowest BCUT2D eigenvalue weighted by Gasteiger charge is -1.96. The van der Waals surface area contributed by atoms with E-state index in [4.69, 9.17) is 0 Å². The van der Waals surface area contributed by atoms with Crippen molar-refractivity contribution < 1.29 is 14.5 Å². The van der Waals surface area contributed by atoms with Crippen LogP contribution in [0.2, 0.25) is 0 Å². The van der Waals surface area contributed by atoms with Crippen LogP contribution in [0.1, 0.15) is 6.92 Å². The van der Waals surface area contributed by atoms with E-state index in [1.807, 2.05) is 0 Å². The molecule has 5 nitrogen and oxygen atoms in total. The van der Waals surface area contributed by atoms with Crippen molar-refractivity contribution in [3.63, 3.8) is 0 Å². The molecule has 0 aromatic carbocycles. The molecule has 0 saturated carbocycles. The molecular formula is C5H7NO4. The number of nitro groups is 1. The first-order valence-corrected chi connectivity index (χ1v) is 2.48. The molecule has 0 aliphatic rings. The van der Waals surface area contributed by atoms with Gasteiger partial charge in [0, 0.05) is 5.57 Å². The zero-order valence-corrected chi connectivity index (χ0v) is 5.49. The first kappa shape index (κ1) is 8.61. The maximum Gasteiger partial charge on any atom is 0.346 e. The van der Waals surface area contributed by atoms with Gasteiger partial charge in [-0.3, -0.25) is 10.1 Å². The van der Waals surface area contributed by atoms with Gasteiger partial charge in [-0.05, 0) is 6.92 Å². The summed E-state index contributed by atoms with van der Waals surface area (Å²) in [5.74, 6) is -0.739. The number of rotatable bonds is 3. The number of nitrogens with zero attached hydrogens (tertiary/aromatic N) is 1. The summed E-state index contributed by atoms with van der Waals surface area (Å²) in [6.45, 7) is 3.85. The zero-order chi connectivity index (χ0) is 8.15. The largest absolute Gasteiger partial charge is 0.397 e. The Morgan fingerprint density at radius 1 is 1.80 bits per heavy atom. The minimum absolute atomic E-state index is 0.154. The highest BCUT2D eigenvalue weighted by Crippen LogP contribution is 1.90. The van der Waals surface area contributed by atoms with Gasteiger partial charge in [-0.2, -0.15) is 0 Å². The van der Waals surface area contributed by atoms with Crippen molar-refractivity contribution in [2.24, 2.45) is 0 Å². The summed E-state index contributed by atoms with van der Waals surface area (Å²) in [5, 5.41) is 9.63. The Morgan fingerprint density at radius 2 is 2.30 bits per heavy atom. The SMILES string of the molecule is C=C(C)C(=O)OC[N+](=O)[O-]. The summed E-state index contributed by atoms with van der Waals surface area (Å²) in [6.07, 6.45) is 0. The Morgan fingerprint density at radius 3 is 2.60 bits per heavy atom. The first-order chi connectivity index (χ1) is 4.54. The van der Waals surface area contributed by atoms with Gasteiger partial charge in [-0.1, -0.05) is 6.58 Å². The molecular weight excluding hydrogens is 138 g/mol. The predicted octanol–water partition coefficient (Wildman–Crippen LogP) is 0.340. The van der Waals surface area contributed by atoms with Crippen LogP contribution < -0.4 is 0 Å². The quantitative estimate of drug-likeness (QED) is 0.189. The van der Waals surface area contributed by atoms with Gasteiger partial charge in [-0.15, -0.1) is 0 Å². The van der Waals surface area contributed by atoms with E-state index in [-0.39, 0.29) is 5.57 Å². The average Bonchev–Trinajstić information content (AvgIpc) is 1.82. The molecule has 0 heterocycles. The molecule has 0 aromatic rings. The van der Waals surface area contributed by atoms with Crippen LogP contribution in [0.3, 0.4) is 0 Å². The van der Waals surface area contributed by atoms with Gasteiger partial charge in [0.15, 0.2) is 0 Å². The summed E-state index contributed by atoms with van der Waals surface area (Å²) in [5.41, 5.74) is 0.154. The molecule has 0 atom stereocenters. The maximum absolute atomic E-state index is 10.4. The monoisotopic (exact) mass is 145 g/mol. The Labute approximate surface area is 57.4 Å². The zero-order valence-electron chi connectivity index (χ0n) is 5.49. The van der Waals surface area contributed by atoms with Gasteiger partial charge >= 0.3 is 12.7 Å². The van der Waals surface area contributed by atoms with Crippen molar-refractivity contribution in [1.29, 1.82) is 0 Å². The van der Waals surface area contributed by atoms with Crippen molar-refractivity contribution in [3.05, 3.63) is 22.3 Å². The number of carbonyl (C=O) groups is 1. The maximum atomic E-state index is 10.4. The van der Waals surface area contributed by atoms with Gasteiger partial charge in [-0.25, -0.2) is 4.79 Å². The Bertz CT molecular complexity index is 174. The summed E-state index contributed by atoms with van der Waals surface area (Å²) < 4.78 is 4.13. The molecule has 10 heavy (non-hydrogen) atoms. The van der Waals surface area contributed by atoms with E-state index in [2.05, 4.69) is 11.3 Å². The number of esters is 1. The smallest absolute Gasteiger partial charge is 0.346 e. The summed E-state index contributed by atoms with van der Waals surface area (Å²) in [4.78, 5) is 19.3. The molecule has 0 rings (SSSR count). The van der Waals surface area contributed by atoms with Crippen LogP contribution >= 0.6 is 0 Å². The second-order valence-corrected chi connectivity index (χ2v) is 1.67. The Balaban J connectivity index is 3.60. The van der Waals surface area contributed by atoms with Crippen molar-refractivity contribution in [1.82, 2.24) is 0 Å². The van der Waals surface area contributed by atoms with Crippen LogP contribution in [0.25, 0.3) is 0 Å². The molecule has 0 aromatic heterocycles. The van der Waals surface area contributed by atoms with E-state index in [0.717, 1.165) is 0 Å². The molecule has 0 spiro atoms. The minimum atomic E-state index is -0.800. The summed E-state index contributed by atoms with van der Waals surface area (Å²) in [6, 6.07) is 0. The van der Waals surface area contributed by atoms with E-state index in [0.29, 0.717) is 0 Å². The van der Waals surface area contributed by atoms with E-state index in [1.54, 1.807) is 0 Å². The van der Waals surface area contributed by atoms with Gasteiger partial charge in [0.1, 0.15) is 0 Å². The molecule has 0 aliphatic carbocycles. The third-order valence-corrected chi connectivity index (χ3v) is 0.650. The van der Waals surface area contributed by atoms with Crippen molar-refractivity contribution in [2.45, 2.75) is 6.92 Å². The number of ether oxygens (including phenoxy) is 1. The molecule has 0 radical (unpaired) electrons. The number of carbonyl (C=O) groups excluding carboxylic acids is 1. The Kier molecular flexibility index (Phi) is 3.10. The average molecular weight is 145 g/mol. The normalized spacial score (nSPS) is 8.50. The van der Waals surface area contributed by atoms with Crippen LogP contribution in [0.5, 0.6) is 0 Å². The lowest BCUT2D eigenvalue weighted by atomic mass is 10.4. The van der Waals surface area contributed by atoms with Gasteiger partial charge in [0.05, 0.1) is 4.92 Å². The van der Waals surface area contributed by atoms with E-state index in [9.17, 15) is 14.9 Å². The number of hydrogen-bond donors (Lipinski definition) is 0. The third-order valence-electron chi connectivity index (χ3n) is 0.650. The first-order valence-electron chi connectivity index (χ1n) is 2.48. The molecule has 0 amide bonds. The summed E-state index contributed by atoms with van der Waals surface area (Å²) >= 11 is 0. The third kappa shape index (κ3) is 3.59. The lowest BCUT2D eigenvalue weighted by molar-refractivity contribution is -0.518. The molecule has 0 N–H and O–H groups in total. The van der Waals surface area contributed by atoms with E-state index >= 15 is 0 Å². The van der Waals surface area contributed by atoms with Crippen molar-refractivity contribution in [2.75, 3.05) is 6.73 Å². The molecule has 5 heteroatoms. The van der Waals surface area contributed by atoms with Crippen LogP contribution in [0, 0.1) is 10.1 Å². The fraction of sp³-hybridized carbons (Fsp3) is 0.400. The molecule has 0 aliphatic heterocycles. The van der Waals surface area contributed by atoms with E-state index < -0.39 is 17.6 Å². The predicted molar refractivity (Wildman–Crippen MR) is 32.8 cm³/mol. The summed E-state index contributed by atoms with van der Waals surface area (Å²) in [7, 11) is 0. The van der Waals surface area contributed by atoms with Gasteiger partial charge < -0.3 is 4.74 Å². The van der Waals surface area contributed by atoms with Crippen LogP contribution in [-0.2, 0) is 9.53 Å². The van der Waals surface area contributed by atoms with Gasteiger partial charge in [0.25, 0.3) is 0 Å². The van der Waals surface area contributed by atoms with Gasteiger partial charge in [0.2, 0.25) is 0 Å². The van der Waals surface area contributed by atoms with Crippen LogP contribution in [-0.4, -0.2) is 17.6 Å². The van der Waals surface area contributed by atoms with E-state index in [1.165, 1.54) is 6.92 Å². The fourth-order valence-corrected chi connectivity index (χ4v) is 0.235. The molecule has 0 saturated heterocycles. The highest BCUT2D eigenvalue weighted by Gasteiger charge is 2.05. The highest BCUT2D eigenvalue weighted by molar-refractivity contribution is 5.86. The van der Waals surface area contributed by atoms with Crippen molar-refractivity contribution >= 4 is 5.97 Å².